The van der Waals surface area contributed by atoms with Gasteiger partial charge in [0.1, 0.15) is 28.5 Å². The molecule has 10 aromatic rings. The van der Waals surface area contributed by atoms with E-state index in [1.165, 1.54) is 251 Å². The molecule has 96 heavy (non-hydrogen) atoms. The second kappa shape index (κ2) is 42.3. The molecule has 2 aromatic carbocycles. The summed E-state index contributed by atoms with van der Waals surface area (Å²) < 4.78 is 36.9. The molecule has 0 N–H and O–H groups in total. The van der Waals surface area contributed by atoms with E-state index in [-0.39, 0.29) is 0 Å². The van der Waals surface area contributed by atoms with Crippen molar-refractivity contribution in [3.05, 3.63) is 62.4 Å². The van der Waals surface area contributed by atoms with E-state index < -0.39 is 0 Å². The molecule has 4 unspecified atom stereocenters. The van der Waals surface area contributed by atoms with Gasteiger partial charge in [-0.2, -0.15) is 0 Å². The zero-order valence-corrected chi connectivity index (χ0v) is 70.1. The van der Waals surface area contributed by atoms with Crippen LogP contribution in [0.3, 0.4) is 0 Å². The number of ether oxygens (including phenoxy) is 4. The topological polar surface area (TPSA) is 62.7 Å². The predicted octanol–water partition coefficient (Wildman–Crippen LogP) is 31.3. The van der Waals surface area contributed by atoms with Gasteiger partial charge >= 0.3 is 0 Å². The largest absolute Gasteiger partial charge is 0.491 e. The van der Waals surface area contributed by atoms with Gasteiger partial charge in [-0.05, 0) is 145 Å². The molecule has 0 amide bonds. The lowest BCUT2D eigenvalue weighted by atomic mass is 10.0. The normalized spacial score (nSPS) is 13.1. The number of hydrogen-bond donors (Lipinski definition) is 0. The predicted molar refractivity (Wildman–Crippen MR) is 443 cm³/mol. The van der Waals surface area contributed by atoms with E-state index in [0.717, 1.165) is 89.1 Å². The zero-order valence-electron chi connectivity index (χ0n) is 60.4. The number of unbranched alkanes of at least 4 members (excludes halogenated alkanes) is 14. The van der Waals surface area contributed by atoms with Crippen molar-refractivity contribution >= 4 is 183 Å². The molecular formula is C80H114Br2N2O4S8. The van der Waals surface area contributed by atoms with Crippen LogP contribution in [0.25, 0.3) is 70.5 Å². The van der Waals surface area contributed by atoms with Gasteiger partial charge in [0.25, 0.3) is 0 Å². The third-order valence-corrected chi connectivity index (χ3v) is 29.1. The summed E-state index contributed by atoms with van der Waals surface area (Å²) in [4.78, 5) is 15.2. The van der Waals surface area contributed by atoms with Crippen molar-refractivity contribution in [2.24, 2.45) is 23.7 Å². The summed E-state index contributed by atoms with van der Waals surface area (Å²) in [5.41, 5.74) is 2.41. The number of rotatable bonds is 43. The van der Waals surface area contributed by atoms with Crippen molar-refractivity contribution in [3.8, 4) is 32.8 Å². The average molecular weight is 1580 g/mol. The molecule has 530 valence electrons. The van der Waals surface area contributed by atoms with Crippen molar-refractivity contribution in [3.63, 3.8) is 0 Å². The Labute approximate surface area is 627 Å². The van der Waals surface area contributed by atoms with Crippen molar-refractivity contribution in [1.82, 2.24) is 9.97 Å². The van der Waals surface area contributed by atoms with Crippen LogP contribution >= 0.6 is 123 Å². The van der Waals surface area contributed by atoms with Crippen LogP contribution in [-0.4, -0.2) is 36.4 Å². The second-order valence-electron chi connectivity index (χ2n) is 26.8. The summed E-state index contributed by atoms with van der Waals surface area (Å²) >= 11 is 22.2. The van der Waals surface area contributed by atoms with Crippen LogP contribution in [0.2, 0.25) is 0 Å². The number of halogens is 2. The van der Waals surface area contributed by atoms with E-state index in [1.54, 1.807) is 34.0 Å². The van der Waals surface area contributed by atoms with E-state index >= 15 is 0 Å². The SMILES string of the molecule is CCCCC(CC)COc1c2cc(Br)sc2c(OCC(CC)CCCC)c2cc(Br)sc12.CCCCCCCCc1nc2c(-c3cc4c(OCC(CC)CCCC)c5sc(C)cc5c(OCC(CC)CCCC)c4s3)sc(C)c2s1.CCCCCCCCc1nc2cscc2s1. The maximum Gasteiger partial charge on any atom is 0.146 e. The first-order valence-electron chi connectivity index (χ1n) is 37.4. The van der Waals surface area contributed by atoms with Gasteiger partial charge in [-0.1, -0.05) is 210 Å². The number of aryl methyl sites for hydroxylation is 4. The Hall–Kier alpha value is -2.38. The van der Waals surface area contributed by atoms with Gasteiger partial charge in [-0.3, -0.25) is 0 Å². The lowest BCUT2D eigenvalue weighted by Crippen LogP contribution is -2.12. The van der Waals surface area contributed by atoms with Crippen LogP contribution in [0.15, 0.2) is 42.6 Å². The summed E-state index contributed by atoms with van der Waals surface area (Å²) in [6.07, 6.45) is 38.0. The number of thiazole rings is 2. The Balaban J connectivity index is 0.000000209. The summed E-state index contributed by atoms with van der Waals surface area (Å²) in [7, 11) is 0. The molecule has 0 spiro atoms. The van der Waals surface area contributed by atoms with Crippen molar-refractivity contribution < 1.29 is 18.9 Å². The Bertz CT molecular complexity index is 3620. The summed E-state index contributed by atoms with van der Waals surface area (Å²) in [5, 5.41) is 11.8. The number of benzene rings is 2. The molecule has 0 saturated heterocycles. The Morgan fingerprint density at radius 3 is 1.22 bits per heavy atom. The lowest BCUT2D eigenvalue weighted by molar-refractivity contribution is 0.235. The Kier molecular flexibility index (Phi) is 34.9. The Morgan fingerprint density at radius 2 is 0.781 bits per heavy atom. The van der Waals surface area contributed by atoms with E-state index in [2.05, 4.69) is 155 Å². The molecule has 8 aromatic heterocycles. The highest BCUT2D eigenvalue weighted by molar-refractivity contribution is 9.11. The smallest absolute Gasteiger partial charge is 0.146 e. The molecule has 0 fully saturated rings. The minimum Gasteiger partial charge on any atom is -0.491 e. The number of thiophene rings is 6. The van der Waals surface area contributed by atoms with Crippen LogP contribution < -0.4 is 18.9 Å². The number of fused-ring (bicyclic) bond motifs is 6. The van der Waals surface area contributed by atoms with Crippen LogP contribution in [0.1, 0.15) is 269 Å². The fourth-order valence-corrected chi connectivity index (χ4v) is 22.5. The van der Waals surface area contributed by atoms with Crippen molar-refractivity contribution in [1.29, 1.82) is 0 Å². The maximum atomic E-state index is 6.93. The van der Waals surface area contributed by atoms with Gasteiger partial charge in [-0.25, -0.2) is 9.97 Å². The van der Waals surface area contributed by atoms with Gasteiger partial charge in [-0.15, -0.1) is 90.7 Å². The highest BCUT2D eigenvalue weighted by Gasteiger charge is 2.27. The molecule has 10 rings (SSSR count). The Morgan fingerprint density at radius 1 is 0.385 bits per heavy atom. The van der Waals surface area contributed by atoms with Gasteiger partial charge in [0.15, 0.2) is 0 Å². The first-order chi connectivity index (χ1) is 46.8. The van der Waals surface area contributed by atoms with Crippen LogP contribution in [0.4, 0.5) is 0 Å². The lowest BCUT2D eigenvalue weighted by Gasteiger charge is -2.19. The summed E-state index contributed by atoms with van der Waals surface area (Å²) in [6, 6.07) is 9.16. The minimum atomic E-state index is 0.577. The third-order valence-electron chi connectivity index (χ3n) is 19.1. The number of aromatic nitrogens is 2. The van der Waals surface area contributed by atoms with Crippen molar-refractivity contribution in [2.75, 3.05) is 26.4 Å². The van der Waals surface area contributed by atoms with Gasteiger partial charge in [0.05, 0.1) is 82.6 Å². The quantitative estimate of drug-likeness (QED) is 0.0355. The molecule has 0 radical (unpaired) electrons. The number of hydrogen-bond acceptors (Lipinski definition) is 14. The molecule has 0 aliphatic heterocycles. The first-order valence-corrected chi connectivity index (χ1v) is 45.6. The third kappa shape index (κ3) is 22.3. The number of nitrogens with zero attached hydrogens (tertiary/aromatic N) is 2. The molecule has 4 atom stereocenters. The highest BCUT2D eigenvalue weighted by atomic mass is 79.9. The van der Waals surface area contributed by atoms with E-state index in [9.17, 15) is 0 Å². The second-order valence-corrected chi connectivity index (χ2v) is 38.1. The fraction of sp³-hybridized carbons (Fsp3) is 0.625. The molecule has 0 aliphatic rings. The maximum absolute atomic E-state index is 6.93. The zero-order chi connectivity index (χ0) is 68.3. The monoisotopic (exact) mass is 1580 g/mol. The van der Waals surface area contributed by atoms with Crippen molar-refractivity contribution in [2.45, 2.75) is 276 Å². The molecule has 16 heteroatoms. The average Bonchev–Trinajstić information content (AvgIpc) is 1.56. The molecule has 0 aliphatic carbocycles. The van der Waals surface area contributed by atoms with Crippen LogP contribution in [0, 0.1) is 37.5 Å². The van der Waals surface area contributed by atoms with E-state index in [0.29, 0.717) is 23.7 Å². The molecule has 0 bridgehead atoms. The van der Waals surface area contributed by atoms with E-state index in [1.807, 2.05) is 56.7 Å². The summed E-state index contributed by atoms with van der Waals surface area (Å²) in [6.45, 7) is 30.4. The molecular weight excluding hydrogens is 1470 g/mol. The van der Waals surface area contributed by atoms with Crippen LogP contribution in [-0.2, 0) is 12.8 Å². The van der Waals surface area contributed by atoms with Crippen LogP contribution in [0.5, 0.6) is 23.0 Å². The fourth-order valence-electron chi connectivity index (χ4n) is 12.8. The van der Waals surface area contributed by atoms with E-state index in [4.69, 9.17) is 23.9 Å². The molecule has 6 nitrogen and oxygen atoms in total. The summed E-state index contributed by atoms with van der Waals surface area (Å²) in [5.74, 6) is 6.53. The van der Waals surface area contributed by atoms with Gasteiger partial charge < -0.3 is 18.9 Å². The van der Waals surface area contributed by atoms with Gasteiger partial charge in [0, 0.05) is 46.9 Å². The first kappa shape index (κ1) is 79.3. The minimum absolute atomic E-state index is 0.577. The molecule has 0 saturated carbocycles. The standard InChI is InChI=1S/C41H59NO2S4.C26H36Br2O2S2.C13H19NS2/c1-8-13-16-17-18-19-22-34-42-35-38(48-34)28(7)46-41(35)33-24-32-37(44-26-30(12-5)21-15-10-3)39-31(23-27(6)45-39)36(40(32)47-33)43-25-29(11-4)20-14-9-2;1-5-9-11-17(7-3)15-29-23-19-13-21(27)32-26(19)24(20-14-22(28)31-25(20)23)30-16-18(8-4)12-10-6-2;1-2-3-4-5-6-7-8-13-14-11-9-15-10-12(11)16-13/h23-24,29-30H,8-22,25-26H2,1-7H3;13-14,17-18H,5-12,15-16H2,1-4H3;9-10H,2-8H2,1H3. The highest BCUT2D eigenvalue weighted by Crippen LogP contribution is 2.55. The van der Waals surface area contributed by atoms with Gasteiger partial charge in [0.2, 0.25) is 0 Å². The molecule has 8 heterocycles.